The SMILES string of the molecule is CCC1CN(c2nc(OCC3(CN4CCO[C@@H](C)C4)CC3)nc3c(F)c(C4=CC=C(F)C5SC(N)=C(C#N)C45)ncc23)CCN1. The predicted octanol–water partition coefficient (Wildman–Crippen LogP) is 3.91. The lowest BCUT2D eigenvalue weighted by Gasteiger charge is -2.35. The first-order valence-corrected chi connectivity index (χ1v) is 16.6. The molecule has 3 unspecified atom stereocenters. The van der Waals surface area contributed by atoms with Crippen molar-refractivity contribution in [2.24, 2.45) is 17.1 Å². The van der Waals surface area contributed by atoms with Crippen LogP contribution in [0.15, 0.2) is 34.8 Å². The zero-order valence-corrected chi connectivity index (χ0v) is 26.4. The molecule has 5 aliphatic rings. The largest absolute Gasteiger partial charge is 0.463 e. The minimum absolute atomic E-state index is 0.0122. The number of pyridine rings is 1. The molecule has 45 heavy (non-hydrogen) atoms. The van der Waals surface area contributed by atoms with Crippen molar-refractivity contribution in [3.63, 3.8) is 0 Å². The van der Waals surface area contributed by atoms with Gasteiger partial charge in [-0.3, -0.25) is 9.88 Å². The highest BCUT2D eigenvalue weighted by molar-refractivity contribution is 8.04. The number of piperazine rings is 1. The highest BCUT2D eigenvalue weighted by atomic mass is 32.2. The maximum atomic E-state index is 16.7. The van der Waals surface area contributed by atoms with Crippen LogP contribution in [0.2, 0.25) is 0 Å². The molecule has 3 fully saturated rings. The number of allylic oxidation sites excluding steroid dienone is 4. The highest BCUT2D eigenvalue weighted by Gasteiger charge is 2.46. The molecule has 0 aromatic carbocycles. The quantitative estimate of drug-likeness (QED) is 0.438. The third-order valence-electron chi connectivity index (χ3n) is 9.60. The molecule has 4 atom stereocenters. The molecule has 2 aromatic rings. The standard InChI is InChI=1S/C32H38F2N8O2S/c1-3-19-15-42(9-8-37-19)30-22-13-38-26(20-4-5-23(33)28-24(20)21(12-35)29(36)45-28)25(34)27(22)39-31(40-30)44-17-32(6-7-32)16-41-10-11-43-18(2)14-41/h4-5,13,18-19,24,28,37H,3,6-11,14-17,36H2,1-2H3/t18-,19?,24?,28?/m0/s1. The third-order valence-corrected chi connectivity index (χ3v) is 10.8. The molecule has 3 N–H and O–H groups in total. The average molecular weight is 637 g/mol. The molecule has 13 heteroatoms. The summed E-state index contributed by atoms with van der Waals surface area (Å²) in [5.41, 5.74) is 6.84. The van der Waals surface area contributed by atoms with Crippen molar-refractivity contribution in [1.29, 1.82) is 5.26 Å². The van der Waals surface area contributed by atoms with Gasteiger partial charge in [-0.1, -0.05) is 24.8 Å². The molecule has 0 amide bonds. The van der Waals surface area contributed by atoms with Crippen molar-refractivity contribution >= 4 is 34.1 Å². The Morgan fingerprint density at radius 3 is 2.84 bits per heavy atom. The Labute approximate surface area is 265 Å². The number of rotatable bonds is 8. The third kappa shape index (κ3) is 5.78. The number of ether oxygens (including phenoxy) is 2. The van der Waals surface area contributed by atoms with Crippen LogP contribution < -0.4 is 20.7 Å². The number of nitriles is 1. The number of nitrogens with two attached hydrogens (primary N) is 1. The zero-order valence-electron chi connectivity index (χ0n) is 25.6. The van der Waals surface area contributed by atoms with Crippen LogP contribution >= 0.6 is 11.8 Å². The van der Waals surface area contributed by atoms with Crippen LogP contribution in [0.4, 0.5) is 14.6 Å². The molecule has 7 rings (SSSR count). The lowest BCUT2D eigenvalue weighted by Crippen LogP contribution is -2.50. The normalized spacial score (nSPS) is 28.0. The van der Waals surface area contributed by atoms with E-state index < -0.39 is 22.8 Å². The van der Waals surface area contributed by atoms with Gasteiger partial charge in [0.1, 0.15) is 22.9 Å². The summed E-state index contributed by atoms with van der Waals surface area (Å²) in [6.07, 6.45) is 7.64. The van der Waals surface area contributed by atoms with Crippen LogP contribution in [0.3, 0.4) is 0 Å². The molecule has 1 saturated carbocycles. The number of hydrogen-bond acceptors (Lipinski definition) is 11. The molecule has 5 heterocycles. The number of nitrogens with zero attached hydrogens (tertiary/aromatic N) is 6. The first-order chi connectivity index (χ1) is 21.8. The number of fused-ring (bicyclic) bond motifs is 2. The second-order valence-electron chi connectivity index (χ2n) is 12.8. The van der Waals surface area contributed by atoms with Crippen LogP contribution in [0, 0.1) is 28.5 Å². The maximum absolute atomic E-state index is 16.7. The fraction of sp³-hybridized carbons (Fsp3) is 0.562. The monoisotopic (exact) mass is 636 g/mol. The molecule has 2 aliphatic carbocycles. The van der Waals surface area contributed by atoms with Gasteiger partial charge >= 0.3 is 6.01 Å². The second kappa shape index (κ2) is 12.1. The number of halogens is 2. The first kappa shape index (κ1) is 30.3. The van der Waals surface area contributed by atoms with E-state index in [4.69, 9.17) is 20.2 Å². The van der Waals surface area contributed by atoms with Crippen LogP contribution in [-0.2, 0) is 4.74 Å². The number of morpholine rings is 1. The van der Waals surface area contributed by atoms with Gasteiger partial charge in [0.2, 0.25) is 0 Å². The van der Waals surface area contributed by atoms with Crippen molar-refractivity contribution in [2.45, 2.75) is 50.5 Å². The smallest absolute Gasteiger partial charge is 0.319 e. The van der Waals surface area contributed by atoms with Gasteiger partial charge in [0.15, 0.2) is 5.82 Å². The molecule has 2 aromatic heterocycles. The van der Waals surface area contributed by atoms with E-state index in [0.29, 0.717) is 36.5 Å². The number of nitrogens with one attached hydrogen (secondary N) is 1. The van der Waals surface area contributed by atoms with Gasteiger partial charge in [-0.25, -0.2) is 8.78 Å². The lowest BCUT2D eigenvalue weighted by atomic mass is 9.83. The van der Waals surface area contributed by atoms with E-state index in [1.807, 2.05) is 0 Å². The summed E-state index contributed by atoms with van der Waals surface area (Å²) >= 11 is 1.08. The van der Waals surface area contributed by atoms with E-state index in [9.17, 15) is 9.65 Å². The lowest BCUT2D eigenvalue weighted by molar-refractivity contribution is -0.0273. The van der Waals surface area contributed by atoms with Crippen LogP contribution in [-0.4, -0.2) is 89.7 Å². The van der Waals surface area contributed by atoms with Crippen molar-refractivity contribution in [1.82, 2.24) is 25.2 Å². The van der Waals surface area contributed by atoms with Gasteiger partial charge in [0.05, 0.1) is 46.6 Å². The molecular weight excluding hydrogens is 598 g/mol. The van der Waals surface area contributed by atoms with Gasteiger partial charge in [0.25, 0.3) is 0 Å². The first-order valence-electron chi connectivity index (χ1n) is 15.7. The van der Waals surface area contributed by atoms with Crippen molar-refractivity contribution in [3.8, 4) is 12.1 Å². The van der Waals surface area contributed by atoms with E-state index in [1.165, 1.54) is 12.2 Å². The van der Waals surface area contributed by atoms with Crippen LogP contribution in [0.25, 0.3) is 16.5 Å². The van der Waals surface area contributed by atoms with E-state index in [-0.39, 0.29) is 45.4 Å². The summed E-state index contributed by atoms with van der Waals surface area (Å²) < 4.78 is 43.5. The van der Waals surface area contributed by atoms with Crippen molar-refractivity contribution < 1.29 is 18.3 Å². The Hall–Kier alpha value is -3.31. The van der Waals surface area contributed by atoms with E-state index >= 15 is 4.39 Å². The Morgan fingerprint density at radius 1 is 1.24 bits per heavy atom. The van der Waals surface area contributed by atoms with Crippen LogP contribution in [0.1, 0.15) is 38.8 Å². The summed E-state index contributed by atoms with van der Waals surface area (Å²) in [7, 11) is 0. The predicted molar refractivity (Wildman–Crippen MR) is 169 cm³/mol. The molecule has 10 nitrogen and oxygen atoms in total. The maximum Gasteiger partial charge on any atom is 0.319 e. The molecular formula is C32H38F2N8O2S. The number of aromatic nitrogens is 3. The van der Waals surface area contributed by atoms with E-state index in [0.717, 1.165) is 63.8 Å². The minimum Gasteiger partial charge on any atom is -0.463 e. The Bertz CT molecular complexity index is 1640. The molecule has 3 aliphatic heterocycles. The summed E-state index contributed by atoms with van der Waals surface area (Å²) in [6, 6.07) is 2.50. The van der Waals surface area contributed by atoms with Gasteiger partial charge in [-0.2, -0.15) is 15.2 Å². The van der Waals surface area contributed by atoms with E-state index in [1.54, 1.807) is 6.20 Å². The Kier molecular flexibility index (Phi) is 8.18. The number of thioether (sulfide) groups is 1. The summed E-state index contributed by atoms with van der Waals surface area (Å²) in [5, 5.41) is 13.4. The summed E-state index contributed by atoms with van der Waals surface area (Å²) in [4.78, 5) is 18.6. The Balaban J connectivity index is 1.25. The molecule has 2 saturated heterocycles. The summed E-state index contributed by atoms with van der Waals surface area (Å²) in [6.45, 7) is 10.3. The second-order valence-corrected chi connectivity index (χ2v) is 14.0. The summed E-state index contributed by atoms with van der Waals surface area (Å²) in [5.74, 6) is -1.22. The topological polar surface area (TPSA) is 125 Å². The molecule has 238 valence electrons. The number of hydrogen-bond donors (Lipinski definition) is 2. The van der Waals surface area contributed by atoms with Gasteiger partial charge < -0.3 is 25.4 Å². The fourth-order valence-corrected chi connectivity index (χ4v) is 8.08. The number of anilines is 1. The van der Waals surface area contributed by atoms with Gasteiger partial charge in [-0.15, -0.1) is 0 Å². The van der Waals surface area contributed by atoms with Crippen molar-refractivity contribution in [2.75, 3.05) is 57.4 Å². The van der Waals surface area contributed by atoms with Crippen molar-refractivity contribution in [3.05, 3.63) is 46.3 Å². The average Bonchev–Trinajstić information content (AvgIpc) is 3.72. The Morgan fingerprint density at radius 2 is 2.09 bits per heavy atom. The zero-order chi connectivity index (χ0) is 31.3. The fourth-order valence-electron chi connectivity index (χ4n) is 6.90. The van der Waals surface area contributed by atoms with E-state index in [2.05, 4.69) is 45.0 Å². The molecule has 0 spiro atoms. The minimum atomic E-state index is -0.738. The van der Waals surface area contributed by atoms with Gasteiger partial charge in [0, 0.05) is 62.8 Å². The van der Waals surface area contributed by atoms with Crippen LogP contribution in [0.5, 0.6) is 6.01 Å². The highest BCUT2D eigenvalue weighted by Crippen LogP contribution is 2.51. The molecule has 0 radical (unpaired) electrons. The van der Waals surface area contributed by atoms with Gasteiger partial charge in [-0.05, 0) is 37.8 Å². The molecule has 0 bridgehead atoms.